The molecule has 1 fully saturated rings. The highest BCUT2D eigenvalue weighted by Gasteiger charge is 2.21. The molecule has 0 aliphatic carbocycles. The largest absolute Gasteiger partial charge is 0.484 e. The Morgan fingerprint density at radius 1 is 1.12 bits per heavy atom. The molecule has 0 atom stereocenters. The molecular formula is C18H16F2N2O3. The second-order valence-electron chi connectivity index (χ2n) is 5.64. The number of nitrogens with one attached hydrogen (secondary N) is 1. The van der Waals surface area contributed by atoms with E-state index in [1.807, 2.05) is 0 Å². The molecule has 0 aromatic heterocycles. The molecule has 130 valence electrons. The third-order valence-corrected chi connectivity index (χ3v) is 3.74. The summed E-state index contributed by atoms with van der Waals surface area (Å²) in [5, 5.41) is 2.36. The number of nitrogens with zero attached hydrogens (tertiary/aromatic N) is 1. The van der Waals surface area contributed by atoms with Crippen molar-refractivity contribution in [3.8, 4) is 5.75 Å². The first-order valence-electron chi connectivity index (χ1n) is 7.80. The van der Waals surface area contributed by atoms with E-state index in [9.17, 15) is 18.4 Å². The molecule has 1 saturated heterocycles. The molecule has 5 nitrogen and oxygen atoms in total. The third-order valence-electron chi connectivity index (χ3n) is 3.74. The maximum atomic E-state index is 13.1. The van der Waals surface area contributed by atoms with Crippen molar-refractivity contribution in [3.05, 3.63) is 54.1 Å². The number of carbonyl (C=O) groups excluding carboxylic acids is 2. The monoisotopic (exact) mass is 346 g/mol. The van der Waals surface area contributed by atoms with Crippen LogP contribution < -0.4 is 15.0 Å². The average molecular weight is 346 g/mol. The van der Waals surface area contributed by atoms with Gasteiger partial charge in [-0.05, 0) is 42.8 Å². The van der Waals surface area contributed by atoms with Crippen LogP contribution in [0.3, 0.4) is 0 Å². The van der Waals surface area contributed by atoms with Crippen LogP contribution in [0.2, 0.25) is 0 Å². The Morgan fingerprint density at radius 3 is 2.40 bits per heavy atom. The quantitative estimate of drug-likeness (QED) is 0.905. The maximum Gasteiger partial charge on any atom is 0.262 e. The van der Waals surface area contributed by atoms with E-state index in [0.717, 1.165) is 30.3 Å². The number of hydrogen-bond acceptors (Lipinski definition) is 3. The highest BCUT2D eigenvalue weighted by atomic mass is 19.1. The van der Waals surface area contributed by atoms with Gasteiger partial charge in [0.1, 0.15) is 17.4 Å². The summed E-state index contributed by atoms with van der Waals surface area (Å²) in [5.74, 6) is -1.54. The normalized spacial score (nSPS) is 13.8. The smallest absolute Gasteiger partial charge is 0.262 e. The van der Waals surface area contributed by atoms with Crippen molar-refractivity contribution < 1.29 is 23.1 Å². The third kappa shape index (κ3) is 4.32. The van der Waals surface area contributed by atoms with E-state index in [-0.39, 0.29) is 18.2 Å². The molecule has 0 saturated carbocycles. The first kappa shape index (κ1) is 16.9. The second-order valence-corrected chi connectivity index (χ2v) is 5.64. The highest BCUT2D eigenvalue weighted by Crippen LogP contribution is 2.24. The zero-order valence-corrected chi connectivity index (χ0v) is 13.3. The van der Waals surface area contributed by atoms with E-state index in [2.05, 4.69) is 5.32 Å². The minimum atomic E-state index is -0.775. The molecule has 0 spiro atoms. The van der Waals surface area contributed by atoms with Crippen LogP contribution >= 0.6 is 0 Å². The number of rotatable bonds is 5. The molecule has 1 aliphatic rings. The lowest BCUT2D eigenvalue weighted by Crippen LogP contribution is -2.23. The summed E-state index contributed by atoms with van der Waals surface area (Å²) in [6.07, 6.45) is 1.40. The van der Waals surface area contributed by atoms with Gasteiger partial charge >= 0.3 is 0 Å². The SMILES string of the molecule is O=C(COc1ccc(N2CCCC2=O)cc1)Nc1cc(F)cc(F)c1. The van der Waals surface area contributed by atoms with Gasteiger partial charge < -0.3 is 15.0 Å². The van der Waals surface area contributed by atoms with Gasteiger partial charge in [-0.15, -0.1) is 0 Å². The fraction of sp³-hybridized carbons (Fsp3) is 0.222. The van der Waals surface area contributed by atoms with Gasteiger partial charge in [0.15, 0.2) is 6.61 Å². The van der Waals surface area contributed by atoms with E-state index in [0.29, 0.717) is 18.7 Å². The minimum Gasteiger partial charge on any atom is -0.484 e. The number of carbonyl (C=O) groups is 2. The zero-order valence-electron chi connectivity index (χ0n) is 13.3. The molecule has 1 N–H and O–H groups in total. The van der Waals surface area contributed by atoms with E-state index in [1.165, 1.54) is 0 Å². The molecule has 0 bridgehead atoms. The van der Waals surface area contributed by atoms with Crippen LogP contribution in [0.1, 0.15) is 12.8 Å². The zero-order chi connectivity index (χ0) is 17.8. The van der Waals surface area contributed by atoms with E-state index < -0.39 is 17.5 Å². The lowest BCUT2D eigenvalue weighted by molar-refractivity contribution is -0.118. The van der Waals surface area contributed by atoms with Crippen molar-refractivity contribution in [2.75, 3.05) is 23.4 Å². The lowest BCUT2D eigenvalue weighted by atomic mass is 10.3. The Labute approximate surface area is 143 Å². The molecular weight excluding hydrogens is 330 g/mol. The Kier molecular flexibility index (Phi) is 4.92. The standard InChI is InChI=1S/C18H16F2N2O3/c19-12-8-13(20)10-14(9-12)21-17(23)11-25-16-5-3-15(4-6-16)22-7-1-2-18(22)24/h3-6,8-10H,1-2,7,11H2,(H,21,23). The minimum absolute atomic E-state index is 0.0222. The molecule has 0 radical (unpaired) electrons. The van der Waals surface area contributed by atoms with Crippen LogP contribution in [0, 0.1) is 11.6 Å². The van der Waals surface area contributed by atoms with Gasteiger partial charge in [0.25, 0.3) is 5.91 Å². The van der Waals surface area contributed by atoms with Gasteiger partial charge in [-0.1, -0.05) is 0 Å². The Morgan fingerprint density at radius 2 is 1.80 bits per heavy atom. The van der Waals surface area contributed by atoms with Crippen LogP contribution in [0.25, 0.3) is 0 Å². The van der Waals surface area contributed by atoms with Gasteiger partial charge in [-0.2, -0.15) is 0 Å². The summed E-state index contributed by atoms with van der Waals surface area (Å²) in [4.78, 5) is 25.2. The summed E-state index contributed by atoms with van der Waals surface area (Å²) in [7, 11) is 0. The van der Waals surface area contributed by atoms with E-state index >= 15 is 0 Å². The molecule has 7 heteroatoms. The molecule has 3 rings (SSSR count). The van der Waals surface area contributed by atoms with Crippen molar-refractivity contribution in [1.29, 1.82) is 0 Å². The highest BCUT2D eigenvalue weighted by molar-refractivity contribution is 5.95. The van der Waals surface area contributed by atoms with Crippen molar-refractivity contribution >= 4 is 23.2 Å². The van der Waals surface area contributed by atoms with Crippen LogP contribution in [-0.4, -0.2) is 25.0 Å². The predicted molar refractivity (Wildman–Crippen MR) is 88.5 cm³/mol. The van der Waals surface area contributed by atoms with Crippen LogP contribution in [-0.2, 0) is 9.59 Å². The van der Waals surface area contributed by atoms with Crippen molar-refractivity contribution in [2.24, 2.45) is 0 Å². The fourth-order valence-corrected chi connectivity index (χ4v) is 2.62. The average Bonchev–Trinajstić information content (AvgIpc) is 2.98. The first-order chi connectivity index (χ1) is 12.0. The maximum absolute atomic E-state index is 13.1. The van der Waals surface area contributed by atoms with Crippen molar-refractivity contribution in [1.82, 2.24) is 0 Å². The summed E-state index contributed by atoms with van der Waals surface area (Å²) in [6.45, 7) is 0.395. The second kappa shape index (κ2) is 7.29. The van der Waals surface area contributed by atoms with Gasteiger partial charge in [-0.3, -0.25) is 9.59 Å². The van der Waals surface area contributed by atoms with Gasteiger partial charge in [0, 0.05) is 30.4 Å². The number of halogens is 2. The number of benzene rings is 2. The summed E-state index contributed by atoms with van der Waals surface area (Å²) in [5.41, 5.74) is 0.809. The van der Waals surface area contributed by atoms with Gasteiger partial charge in [0.2, 0.25) is 5.91 Å². The van der Waals surface area contributed by atoms with E-state index in [4.69, 9.17) is 4.74 Å². The number of amides is 2. The van der Waals surface area contributed by atoms with Crippen LogP contribution in [0.15, 0.2) is 42.5 Å². The lowest BCUT2D eigenvalue weighted by Gasteiger charge is -2.16. The predicted octanol–water partition coefficient (Wildman–Crippen LogP) is 3.11. The summed E-state index contributed by atoms with van der Waals surface area (Å²) in [6, 6.07) is 9.58. The molecule has 0 unspecified atom stereocenters. The number of anilines is 2. The van der Waals surface area contributed by atoms with Crippen molar-refractivity contribution in [2.45, 2.75) is 12.8 Å². The van der Waals surface area contributed by atoms with Crippen LogP contribution in [0.5, 0.6) is 5.75 Å². The first-order valence-corrected chi connectivity index (χ1v) is 7.80. The number of ether oxygens (including phenoxy) is 1. The van der Waals surface area contributed by atoms with Crippen molar-refractivity contribution in [3.63, 3.8) is 0 Å². The Bertz CT molecular complexity index is 773. The van der Waals surface area contributed by atoms with Crippen LogP contribution in [0.4, 0.5) is 20.2 Å². The van der Waals surface area contributed by atoms with Gasteiger partial charge in [-0.25, -0.2) is 8.78 Å². The van der Waals surface area contributed by atoms with Gasteiger partial charge in [0.05, 0.1) is 0 Å². The molecule has 1 heterocycles. The summed E-state index contributed by atoms with van der Waals surface area (Å²) < 4.78 is 31.5. The van der Waals surface area contributed by atoms with E-state index in [1.54, 1.807) is 29.2 Å². The summed E-state index contributed by atoms with van der Waals surface area (Å²) >= 11 is 0. The molecule has 1 aliphatic heterocycles. The fourth-order valence-electron chi connectivity index (χ4n) is 2.62. The Hall–Kier alpha value is -2.96. The molecule has 25 heavy (non-hydrogen) atoms. The molecule has 2 aromatic rings. The molecule has 2 aromatic carbocycles. The Balaban J connectivity index is 1.54. The topological polar surface area (TPSA) is 58.6 Å². The molecule has 2 amide bonds. The number of hydrogen-bond donors (Lipinski definition) is 1.